The number of aryl methyl sites for hydroxylation is 2. The molecule has 2 rings (SSSR count). The number of amides is 1. The molecule has 1 amide bonds. The Morgan fingerprint density at radius 1 is 1.37 bits per heavy atom. The molecule has 0 atom stereocenters. The largest absolute Gasteiger partial charge is 0.481 e. The van der Waals surface area contributed by atoms with Crippen LogP contribution in [0.25, 0.3) is 11.0 Å². The lowest BCUT2D eigenvalue weighted by Crippen LogP contribution is -2.13. The molecule has 1 aromatic carbocycles. The third-order valence-electron chi connectivity index (χ3n) is 2.95. The molecule has 0 aliphatic rings. The molecule has 0 saturated heterocycles. The summed E-state index contributed by atoms with van der Waals surface area (Å²) >= 11 is 0. The summed E-state index contributed by atoms with van der Waals surface area (Å²) in [6.45, 7) is 1.91. The number of rotatable bonds is 4. The molecule has 0 bridgehead atoms. The fraction of sp³-hybridized carbons (Fsp3) is 0.308. The van der Waals surface area contributed by atoms with Crippen LogP contribution in [-0.4, -0.2) is 26.5 Å². The Bertz CT molecular complexity index is 646. The summed E-state index contributed by atoms with van der Waals surface area (Å²) in [4.78, 5) is 26.3. The lowest BCUT2D eigenvalue weighted by molar-refractivity contribution is -0.138. The molecule has 1 heterocycles. The molecule has 0 spiro atoms. The predicted octanol–water partition coefficient (Wildman–Crippen LogP) is 1.69. The van der Waals surface area contributed by atoms with Crippen LogP contribution < -0.4 is 5.32 Å². The number of carbonyl (C=O) groups is 2. The molecule has 19 heavy (non-hydrogen) atoms. The van der Waals surface area contributed by atoms with Gasteiger partial charge in [-0.25, -0.2) is 4.98 Å². The first-order chi connectivity index (χ1) is 8.97. The van der Waals surface area contributed by atoms with E-state index in [1.54, 1.807) is 12.1 Å². The lowest BCUT2D eigenvalue weighted by Gasteiger charge is -2.04. The minimum absolute atomic E-state index is 0.0331. The molecule has 0 aliphatic carbocycles. The number of carboxylic acids is 1. The van der Waals surface area contributed by atoms with Crippen LogP contribution in [0, 0.1) is 6.92 Å². The summed E-state index contributed by atoms with van der Waals surface area (Å²) in [5.74, 6) is -0.398. The second-order valence-electron chi connectivity index (χ2n) is 4.36. The number of imidazole rings is 1. The number of aliphatic carboxylic acids is 1. The highest BCUT2D eigenvalue weighted by Gasteiger charge is 2.08. The Morgan fingerprint density at radius 3 is 2.79 bits per heavy atom. The molecular weight excluding hydrogens is 246 g/mol. The Kier molecular flexibility index (Phi) is 3.50. The van der Waals surface area contributed by atoms with Gasteiger partial charge in [-0.15, -0.1) is 0 Å². The molecular formula is C13H15N3O3. The van der Waals surface area contributed by atoms with Crippen molar-refractivity contribution in [1.29, 1.82) is 0 Å². The number of aromatic nitrogens is 2. The summed E-state index contributed by atoms with van der Waals surface area (Å²) < 4.78 is 1.96. The number of carbonyl (C=O) groups excluding carboxylic acids is 1. The van der Waals surface area contributed by atoms with E-state index in [1.807, 2.05) is 24.6 Å². The standard InChI is InChI=1S/C13H15N3O3/c1-8-14-10-7-9(3-4-11(10)16(8)2)15-12(17)5-6-13(18)19/h3-4,7H,5-6H2,1-2H3,(H,15,17)(H,18,19). The van der Waals surface area contributed by atoms with Crippen LogP contribution in [0.4, 0.5) is 5.69 Å². The first-order valence-electron chi connectivity index (χ1n) is 5.92. The molecule has 6 nitrogen and oxygen atoms in total. The third kappa shape index (κ3) is 2.90. The second kappa shape index (κ2) is 5.09. The molecule has 2 aromatic rings. The molecule has 2 N–H and O–H groups in total. The monoisotopic (exact) mass is 261 g/mol. The highest BCUT2D eigenvalue weighted by molar-refractivity contribution is 5.94. The van der Waals surface area contributed by atoms with Crippen LogP contribution in [-0.2, 0) is 16.6 Å². The highest BCUT2D eigenvalue weighted by Crippen LogP contribution is 2.19. The van der Waals surface area contributed by atoms with E-state index < -0.39 is 5.97 Å². The minimum Gasteiger partial charge on any atom is -0.481 e. The average Bonchev–Trinajstić information content (AvgIpc) is 2.62. The Hall–Kier alpha value is -2.37. The maximum Gasteiger partial charge on any atom is 0.303 e. The quantitative estimate of drug-likeness (QED) is 0.877. The molecule has 0 aliphatic heterocycles. The average molecular weight is 261 g/mol. The van der Waals surface area contributed by atoms with E-state index >= 15 is 0 Å². The van der Waals surface area contributed by atoms with Crippen molar-refractivity contribution in [3.05, 3.63) is 24.0 Å². The predicted molar refractivity (Wildman–Crippen MR) is 71.0 cm³/mol. The lowest BCUT2D eigenvalue weighted by atomic mass is 10.2. The van der Waals surface area contributed by atoms with E-state index in [0.29, 0.717) is 5.69 Å². The van der Waals surface area contributed by atoms with Gasteiger partial charge in [0.25, 0.3) is 0 Å². The van der Waals surface area contributed by atoms with Crippen molar-refractivity contribution in [3.8, 4) is 0 Å². The Balaban J connectivity index is 2.13. The summed E-state index contributed by atoms with van der Waals surface area (Å²) in [5, 5.41) is 11.2. The molecule has 0 saturated carbocycles. The zero-order valence-electron chi connectivity index (χ0n) is 10.8. The highest BCUT2D eigenvalue weighted by atomic mass is 16.4. The van der Waals surface area contributed by atoms with Gasteiger partial charge in [0, 0.05) is 19.2 Å². The fourth-order valence-corrected chi connectivity index (χ4v) is 1.84. The molecule has 6 heteroatoms. The number of benzene rings is 1. The zero-order chi connectivity index (χ0) is 14.0. The zero-order valence-corrected chi connectivity index (χ0v) is 10.8. The van der Waals surface area contributed by atoms with Crippen molar-refractivity contribution in [1.82, 2.24) is 9.55 Å². The minimum atomic E-state index is -0.981. The molecule has 0 radical (unpaired) electrons. The maximum absolute atomic E-state index is 11.5. The van der Waals surface area contributed by atoms with Gasteiger partial charge < -0.3 is 15.0 Å². The molecule has 0 unspecified atom stereocenters. The van der Waals surface area contributed by atoms with Crippen LogP contribution in [0.1, 0.15) is 18.7 Å². The van der Waals surface area contributed by atoms with Gasteiger partial charge in [0.1, 0.15) is 5.82 Å². The summed E-state index contributed by atoms with van der Waals surface area (Å²) in [7, 11) is 1.93. The van der Waals surface area contributed by atoms with Crippen LogP contribution in [0.3, 0.4) is 0 Å². The van der Waals surface area contributed by atoms with Crippen molar-refractivity contribution in [2.24, 2.45) is 7.05 Å². The van der Waals surface area contributed by atoms with E-state index in [0.717, 1.165) is 16.9 Å². The molecule has 0 fully saturated rings. The smallest absolute Gasteiger partial charge is 0.303 e. The Labute approximate surface area is 110 Å². The van der Waals surface area contributed by atoms with E-state index in [9.17, 15) is 9.59 Å². The van der Waals surface area contributed by atoms with E-state index in [2.05, 4.69) is 10.3 Å². The summed E-state index contributed by atoms with van der Waals surface area (Å²) in [5.41, 5.74) is 2.41. The fourth-order valence-electron chi connectivity index (χ4n) is 1.84. The van der Waals surface area contributed by atoms with Gasteiger partial charge in [-0.1, -0.05) is 0 Å². The van der Waals surface area contributed by atoms with Gasteiger partial charge in [0.2, 0.25) is 5.91 Å². The first-order valence-corrected chi connectivity index (χ1v) is 5.92. The Morgan fingerprint density at radius 2 is 2.11 bits per heavy atom. The SMILES string of the molecule is Cc1nc2cc(NC(=O)CCC(=O)O)ccc2n1C. The van der Waals surface area contributed by atoms with Crippen LogP contribution in [0.2, 0.25) is 0 Å². The van der Waals surface area contributed by atoms with Crippen molar-refractivity contribution < 1.29 is 14.7 Å². The number of anilines is 1. The van der Waals surface area contributed by atoms with Crippen LogP contribution >= 0.6 is 0 Å². The van der Waals surface area contributed by atoms with Crippen molar-refractivity contribution in [2.75, 3.05) is 5.32 Å². The van der Waals surface area contributed by atoms with Gasteiger partial charge >= 0.3 is 5.97 Å². The normalized spacial score (nSPS) is 10.6. The first kappa shape index (κ1) is 13.1. The number of nitrogens with one attached hydrogen (secondary N) is 1. The number of hydrogen-bond donors (Lipinski definition) is 2. The van der Waals surface area contributed by atoms with E-state index in [1.165, 1.54) is 0 Å². The van der Waals surface area contributed by atoms with Gasteiger partial charge in [-0.05, 0) is 25.1 Å². The van der Waals surface area contributed by atoms with Gasteiger partial charge in [-0.3, -0.25) is 9.59 Å². The summed E-state index contributed by atoms with van der Waals surface area (Å²) in [6.07, 6.45) is -0.203. The van der Waals surface area contributed by atoms with Crippen molar-refractivity contribution in [2.45, 2.75) is 19.8 Å². The third-order valence-corrected chi connectivity index (χ3v) is 2.95. The van der Waals surface area contributed by atoms with Crippen molar-refractivity contribution >= 4 is 28.6 Å². The van der Waals surface area contributed by atoms with Crippen LogP contribution in [0.5, 0.6) is 0 Å². The molecule has 100 valence electrons. The van der Waals surface area contributed by atoms with E-state index in [4.69, 9.17) is 5.11 Å². The van der Waals surface area contributed by atoms with Crippen LogP contribution in [0.15, 0.2) is 18.2 Å². The van der Waals surface area contributed by atoms with Gasteiger partial charge in [0.05, 0.1) is 17.5 Å². The van der Waals surface area contributed by atoms with E-state index in [-0.39, 0.29) is 18.7 Å². The summed E-state index contributed by atoms with van der Waals surface area (Å²) in [6, 6.07) is 5.44. The number of carboxylic acid groups (broad SMARTS) is 1. The number of fused-ring (bicyclic) bond motifs is 1. The number of nitrogens with zero attached hydrogens (tertiary/aromatic N) is 2. The second-order valence-corrected chi connectivity index (χ2v) is 4.36. The maximum atomic E-state index is 11.5. The molecule has 1 aromatic heterocycles. The van der Waals surface area contributed by atoms with Crippen molar-refractivity contribution in [3.63, 3.8) is 0 Å². The number of hydrogen-bond acceptors (Lipinski definition) is 3. The van der Waals surface area contributed by atoms with Gasteiger partial charge in [-0.2, -0.15) is 0 Å². The van der Waals surface area contributed by atoms with Gasteiger partial charge in [0.15, 0.2) is 0 Å². The topological polar surface area (TPSA) is 84.2 Å².